The summed E-state index contributed by atoms with van der Waals surface area (Å²) in [6.07, 6.45) is 1.99. The van der Waals surface area contributed by atoms with Gasteiger partial charge in [0.1, 0.15) is 0 Å². The highest BCUT2D eigenvalue weighted by Crippen LogP contribution is 2.07. The molecule has 2 heterocycles. The fourth-order valence-electron chi connectivity index (χ4n) is 1.38. The standard InChI is InChI=1S/C11H16N4S/c1-9(2)12-5-11-7-15(14-13-11)6-10-3-4-16-8-10/h3-4,7-9,12H,5-6H2,1-2H3. The Hall–Kier alpha value is -1.20. The number of nitrogens with zero attached hydrogens (tertiary/aromatic N) is 3. The van der Waals surface area contributed by atoms with Crippen LogP contribution >= 0.6 is 11.3 Å². The zero-order chi connectivity index (χ0) is 11.4. The molecule has 2 rings (SSSR count). The predicted octanol–water partition coefficient (Wildman–Crippen LogP) is 1.89. The van der Waals surface area contributed by atoms with Crippen molar-refractivity contribution < 1.29 is 0 Å². The van der Waals surface area contributed by atoms with Crippen LogP contribution in [0.5, 0.6) is 0 Å². The van der Waals surface area contributed by atoms with Crippen LogP contribution in [0.4, 0.5) is 0 Å². The minimum Gasteiger partial charge on any atom is -0.309 e. The van der Waals surface area contributed by atoms with Crippen LogP contribution in [-0.2, 0) is 13.1 Å². The number of nitrogens with one attached hydrogen (secondary N) is 1. The van der Waals surface area contributed by atoms with Gasteiger partial charge in [0.2, 0.25) is 0 Å². The predicted molar refractivity (Wildman–Crippen MR) is 65.4 cm³/mol. The number of thiophene rings is 1. The van der Waals surface area contributed by atoms with E-state index in [0.29, 0.717) is 6.04 Å². The van der Waals surface area contributed by atoms with Crippen molar-refractivity contribution in [3.05, 3.63) is 34.3 Å². The molecule has 0 saturated heterocycles. The van der Waals surface area contributed by atoms with Gasteiger partial charge in [-0.05, 0) is 22.4 Å². The summed E-state index contributed by atoms with van der Waals surface area (Å²) in [7, 11) is 0. The number of aromatic nitrogens is 3. The smallest absolute Gasteiger partial charge is 0.0965 e. The summed E-state index contributed by atoms with van der Waals surface area (Å²) in [5.41, 5.74) is 2.27. The highest BCUT2D eigenvalue weighted by molar-refractivity contribution is 7.07. The summed E-state index contributed by atoms with van der Waals surface area (Å²) in [4.78, 5) is 0. The maximum atomic E-state index is 4.12. The minimum absolute atomic E-state index is 0.474. The second-order valence-electron chi connectivity index (χ2n) is 4.07. The Morgan fingerprint density at radius 3 is 3.06 bits per heavy atom. The van der Waals surface area contributed by atoms with E-state index < -0.39 is 0 Å². The quantitative estimate of drug-likeness (QED) is 0.862. The molecule has 2 aromatic heterocycles. The summed E-state index contributed by atoms with van der Waals surface area (Å²) in [6, 6.07) is 2.58. The van der Waals surface area contributed by atoms with E-state index in [1.807, 2.05) is 10.9 Å². The minimum atomic E-state index is 0.474. The summed E-state index contributed by atoms with van der Waals surface area (Å²) < 4.78 is 1.87. The second-order valence-corrected chi connectivity index (χ2v) is 4.85. The summed E-state index contributed by atoms with van der Waals surface area (Å²) in [5.74, 6) is 0. The highest BCUT2D eigenvalue weighted by atomic mass is 32.1. The molecule has 5 heteroatoms. The molecule has 0 aliphatic carbocycles. The zero-order valence-corrected chi connectivity index (χ0v) is 10.4. The van der Waals surface area contributed by atoms with Crippen LogP contribution in [-0.4, -0.2) is 21.0 Å². The van der Waals surface area contributed by atoms with Crippen molar-refractivity contribution in [2.45, 2.75) is 33.0 Å². The lowest BCUT2D eigenvalue weighted by atomic mass is 10.3. The molecule has 0 spiro atoms. The molecule has 0 fully saturated rings. The van der Waals surface area contributed by atoms with Gasteiger partial charge in [0.15, 0.2) is 0 Å². The van der Waals surface area contributed by atoms with Gasteiger partial charge in [-0.2, -0.15) is 11.3 Å². The summed E-state index contributed by atoms with van der Waals surface area (Å²) >= 11 is 1.71. The normalized spacial score (nSPS) is 11.2. The van der Waals surface area contributed by atoms with Gasteiger partial charge < -0.3 is 5.32 Å². The van der Waals surface area contributed by atoms with E-state index in [1.54, 1.807) is 11.3 Å². The number of rotatable bonds is 5. The van der Waals surface area contributed by atoms with Crippen molar-refractivity contribution in [2.75, 3.05) is 0 Å². The fourth-order valence-corrected chi connectivity index (χ4v) is 2.04. The van der Waals surface area contributed by atoms with Gasteiger partial charge in [0.05, 0.1) is 18.4 Å². The van der Waals surface area contributed by atoms with E-state index in [9.17, 15) is 0 Å². The molecule has 16 heavy (non-hydrogen) atoms. The first-order valence-corrected chi connectivity index (χ1v) is 6.32. The van der Waals surface area contributed by atoms with Crippen LogP contribution in [0.3, 0.4) is 0 Å². The monoisotopic (exact) mass is 236 g/mol. The zero-order valence-electron chi connectivity index (χ0n) is 9.55. The van der Waals surface area contributed by atoms with Crippen molar-refractivity contribution in [1.82, 2.24) is 20.3 Å². The molecule has 4 nitrogen and oxygen atoms in total. The van der Waals surface area contributed by atoms with Crippen LogP contribution in [0.2, 0.25) is 0 Å². The topological polar surface area (TPSA) is 42.7 Å². The molecule has 86 valence electrons. The first kappa shape index (κ1) is 11.3. The lowest BCUT2D eigenvalue weighted by Crippen LogP contribution is -2.21. The van der Waals surface area contributed by atoms with Gasteiger partial charge in [0, 0.05) is 12.6 Å². The molecule has 0 aromatic carbocycles. The molecule has 2 aromatic rings. The van der Waals surface area contributed by atoms with Crippen molar-refractivity contribution in [3.63, 3.8) is 0 Å². The average Bonchev–Trinajstić information content (AvgIpc) is 2.87. The van der Waals surface area contributed by atoms with Gasteiger partial charge in [0.25, 0.3) is 0 Å². The maximum absolute atomic E-state index is 4.12. The van der Waals surface area contributed by atoms with Crippen LogP contribution in [0.15, 0.2) is 23.0 Å². The van der Waals surface area contributed by atoms with E-state index in [-0.39, 0.29) is 0 Å². The Kier molecular flexibility index (Phi) is 3.69. The molecule has 0 radical (unpaired) electrons. The molecular weight excluding hydrogens is 220 g/mol. The fraction of sp³-hybridized carbons (Fsp3) is 0.455. The molecular formula is C11H16N4S. The molecule has 0 amide bonds. The van der Waals surface area contributed by atoms with E-state index in [0.717, 1.165) is 18.8 Å². The van der Waals surface area contributed by atoms with E-state index in [1.165, 1.54) is 5.56 Å². The Labute approximate surface area is 99.3 Å². The lowest BCUT2D eigenvalue weighted by molar-refractivity contribution is 0.580. The van der Waals surface area contributed by atoms with E-state index in [4.69, 9.17) is 0 Å². The lowest BCUT2D eigenvalue weighted by Gasteiger charge is -2.04. The third-order valence-electron chi connectivity index (χ3n) is 2.20. The third-order valence-corrected chi connectivity index (χ3v) is 2.93. The molecule has 0 aliphatic rings. The van der Waals surface area contributed by atoms with Crippen LogP contribution in [0.25, 0.3) is 0 Å². The van der Waals surface area contributed by atoms with Crippen molar-refractivity contribution >= 4 is 11.3 Å². The van der Waals surface area contributed by atoms with Crippen LogP contribution in [0.1, 0.15) is 25.1 Å². The first-order chi connectivity index (χ1) is 7.74. The maximum Gasteiger partial charge on any atom is 0.0965 e. The number of hydrogen-bond donors (Lipinski definition) is 1. The molecule has 1 N–H and O–H groups in total. The Morgan fingerprint density at radius 2 is 2.38 bits per heavy atom. The van der Waals surface area contributed by atoms with Crippen molar-refractivity contribution in [1.29, 1.82) is 0 Å². The largest absolute Gasteiger partial charge is 0.309 e. The molecule has 0 unspecified atom stereocenters. The van der Waals surface area contributed by atoms with Gasteiger partial charge in [-0.15, -0.1) is 5.10 Å². The first-order valence-electron chi connectivity index (χ1n) is 5.37. The molecule has 0 aliphatic heterocycles. The molecule has 0 bridgehead atoms. The van der Waals surface area contributed by atoms with Gasteiger partial charge in [-0.3, -0.25) is 0 Å². The Morgan fingerprint density at radius 1 is 1.50 bits per heavy atom. The summed E-state index contributed by atoms with van der Waals surface area (Å²) in [5, 5.41) is 15.8. The molecule has 0 atom stereocenters. The van der Waals surface area contributed by atoms with E-state index in [2.05, 4.69) is 46.3 Å². The van der Waals surface area contributed by atoms with Gasteiger partial charge >= 0.3 is 0 Å². The third kappa shape index (κ3) is 3.15. The van der Waals surface area contributed by atoms with Crippen molar-refractivity contribution in [3.8, 4) is 0 Å². The van der Waals surface area contributed by atoms with Crippen LogP contribution < -0.4 is 5.32 Å². The van der Waals surface area contributed by atoms with Gasteiger partial charge in [-0.25, -0.2) is 4.68 Å². The number of hydrogen-bond acceptors (Lipinski definition) is 4. The van der Waals surface area contributed by atoms with Crippen molar-refractivity contribution in [2.24, 2.45) is 0 Å². The van der Waals surface area contributed by atoms with Crippen LogP contribution in [0, 0.1) is 0 Å². The SMILES string of the molecule is CC(C)NCc1cn(Cc2ccsc2)nn1. The highest BCUT2D eigenvalue weighted by Gasteiger charge is 2.02. The Balaban J connectivity index is 1.92. The summed E-state index contributed by atoms with van der Waals surface area (Å²) in [6.45, 7) is 5.82. The van der Waals surface area contributed by atoms with Gasteiger partial charge in [-0.1, -0.05) is 19.1 Å². The average molecular weight is 236 g/mol. The molecule has 0 saturated carbocycles. The van der Waals surface area contributed by atoms with E-state index >= 15 is 0 Å². The Bertz CT molecular complexity index is 419. The second kappa shape index (κ2) is 5.23.